The monoisotopic (exact) mass is 246 g/mol. The van der Waals surface area contributed by atoms with E-state index in [1.165, 1.54) is 25.7 Å². The number of hydrogen-bond donors (Lipinski definition) is 0. The molecule has 2 unspecified atom stereocenters. The van der Waals surface area contributed by atoms with Crippen LogP contribution in [0.2, 0.25) is 0 Å². The van der Waals surface area contributed by atoms with E-state index in [0.717, 1.165) is 0 Å². The van der Waals surface area contributed by atoms with Crippen LogP contribution in [-0.2, 0) is 0 Å². The van der Waals surface area contributed by atoms with Crippen LogP contribution in [0.4, 0.5) is 4.39 Å². The van der Waals surface area contributed by atoms with Crippen molar-refractivity contribution in [2.45, 2.75) is 39.5 Å². The van der Waals surface area contributed by atoms with Crippen LogP contribution in [0.3, 0.4) is 0 Å². The third-order valence-corrected chi connectivity index (χ3v) is 4.68. The van der Waals surface area contributed by atoms with Crippen molar-refractivity contribution in [3.8, 4) is 0 Å². The van der Waals surface area contributed by atoms with Gasteiger partial charge in [0.05, 0.1) is 0 Å². The number of rotatable bonds is 2. The maximum Gasteiger partial charge on any atom is 0.166 e. The number of benzene rings is 1. The molecule has 0 aromatic heterocycles. The zero-order valence-electron chi connectivity index (χ0n) is 11.0. The van der Waals surface area contributed by atoms with Crippen molar-refractivity contribution < 1.29 is 9.18 Å². The molecule has 18 heavy (non-hydrogen) atoms. The summed E-state index contributed by atoms with van der Waals surface area (Å²) >= 11 is 0. The lowest BCUT2D eigenvalue weighted by Crippen LogP contribution is -2.06. The predicted octanol–water partition coefficient (Wildman–Crippen LogP) is 4.06. The summed E-state index contributed by atoms with van der Waals surface area (Å²) in [6, 6.07) is 3.43. The predicted molar refractivity (Wildman–Crippen MR) is 69.1 cm³/mol. The average Bonchev–Trinajstić information content (AvgIpc) is 3.08. The van der Waals surface area contributed by atoms with Gasteiger partial charge in [-0.05, 0) is 61.8 Å². The molecule has 3 rings (SSSR count). The van der Waals surface area contributed by atoms with Crippen LogP contribution >= 0.6 is 0 Å². The van der Waals surface area contributed by atoms with Crippen molar-refractivity contribution in [1.82, 2.24) is 0 Å². The SMILES string of the molecule is Cc1cc(C(=O)C2C3CCCCC32)cc(C)c1F. The van der Waals surface area contributed by atoms with Crippen LogP contribution in [-0.4, -0.2) is 5.78 Å². The molecule has 0 bridgehead atoms. The summed E-state index contributed by atoms with van der Waals surface area (Å²) in [6.07, 6.45) is 4.96. The minimum absolute atomic E-state index is 0.181. The van der Waals surface area contributed by atoms with E-state index >= 15 is 0 Å². The smallest absolute Gasteiger partial charge is 0.166 e. The first kappa shape index (κ1) is 11.9. The lowest BCUT2D eigenvalue weighted by molar-refractivity contribution is 0.0956. The summed E-state index contributed by atoms with van der Waals surface area (Å²) in [5.74, 6) is 1.54. The molecule has 1 nitrogen and oxygen atoms in total. The lowest BCUT2D eigenvalue weighted by atomic mass is 9.99. The van der Waals surface area contributed by atoms with Gasteiger partial charge in [-0.3, -0.25) is 4.79 Å². The van der Waals surface area contributed by atoms with Crippen molar-refractivity contribution in [2.75, 3.05) is 0 Å². The fraction of sp³-hybridized carbons (Fsp3) is 0.562. The van der Waals surface area contributed by atoms with Crippen LogP contribution in [0.25, 0.3) is 0 Å². The van der Waals surface area contributed by atoms with Gasteiger partial charge in [0.2, 0.25) is 0 Å². The van der Waals surface area contributed by atoms with E-state index in [0.29, 0.717) is 28.5 Å². The summed E-state index contributed by atoms with van der Waals surface area (Å²) < 4.78 is 13.6. The van der Waals surface area contributed by atoms with Crippen LogP contribution < -0.4 is 0 Å². The van der Waals surface area contributed by atoms with E-state index in [1.807, 2.05) is 0 Å². The Morgan fingerprint density at radius 1 is 1.11 bits per heavy atom. The molecule has 96 valence electrons. The molecule has 2 saturated carbocycles. The molecule has 2 heteroatoms. The van der Waals surface area contributed by atoms with E-state index in [4.69, 9.17) is 0 Å². The summed E-state index contributed by atoms with van der Waals surface area (Å²) in [4.78, 5) is 12.5. The molecule has 0 heterocycles. The second-order valence-electron chi connectivity index (χ2n) is 5.93. The Balaban J connectivity index is 1.85. The number of ketones is 1. The second kappa shape index (κ2) is 4.18. The van der Waals surface area contributed by atoms with Crippen molar-refractivity contribution >= 4 is 5.78 Å². The van der Waals surface area contributed by atoms with Gasteiger partial charge in [-0.25, -0.2) is 4.39 Å². The zero-order valence-corrected chi connectivity index (χ0v) is 11.0. The summed E-state index contributed by atoms with van der Waals surface area (Å²) in [5.41, 5.74) is 1.88. The molecule has 0 aliphatic heterocycles. The number of carbonyl (C=O) groups is 1. The highest BCUT2D eigenvalue weighted by molar-refractivity contribution is 6.00. The van der Waals surface area contributed by atoms with Gasteiger partial charge in [0.15, 0.2) is 5.78 Å². The van der Waals surface area contributed by atoms with E-state index in [-0.39, 0.29) is 17.5 Å². The van der Waals surface area contributed by atoms with E-state index in [9.17, 15) is 9.18 Å². The molecule has 0 radical (unpaired) electrons. The fourth-order valence-corrected chi connectivity index (χ4v) is 3.66. The first-order valence-corrected chi connectivity index (χ1v) is 6.90. The highest BCUT2D eigenvalue weighted by Crippen LogP contribution is 2.56. The van der Waals surface area contributed by atoms with Crippen molar-refractivity contribution in [3.63, 3.8) is 0 Å². The molecule has 2 atom stereocenters. The maximum absolute atomic E-state index is 13.6. The van der Waals surface area contributed by atoms with Gasteiger partial charge in [-0.15, -0.1) is 0 Å². The summed E-state index contributed by atoms with van der Waals surface area (Å²) in [6.45, 7) is 3.47. The zero-order chi connectivity index (χ0) is 12.9. The molecular weight excluding hydrogens is 227 g/mol. The van der Waals surface area contributed by atoms with Gasteiger partial charge >= 0.3 is 0 Å². The Kier molecular flexibility index (Phi) is 2.76. The van der Waals surface area contributed by atoms with Crippen LogP contribution in [0.5, 0.6) is 0 Å². The first-order valence-electron chi connectivity index (χ1n) is 6.90. The number of carbonyl (C=O) groups excluding carboxylic acids is 1. The number of aryl methyl sites for hydroxylation is 2. The van der Waals surface area contributed by atoms with Gasteiger partial charge in [0.1, 0.15) is 5.82 Å². The van der Waals surface area contributed by atoms with Gasteiger partial charge in [0.25, 0.3) is 0 Å². The van der Waals surface area contributed by atoms with Gasteiger partial charge < -0.3 is 0 Å². The molecule has 1 aromatic rings. The topological polar surface area (TPSA) is 17.1 Å². The average molecular weight is 246 g/mol. The Morgan fingerprint density at radius 3 is 2.11 bits per heavy atom. The molecule has 0 amide bonds. The number of Topliss-reactive ketones (excluding diaryl/α,β-unsaturated/α-hetero) is 1. The Morgan fingerprint density at radius 2 is 1.61 bits per heavy atom. The molecule has 0 N–H and O–H groups in total. The third-order valence-electron chi connectivity index (χ3n) is 4.68. The van der Waals surface area contributed by atoms with Crippen molar-refractivity contribution in [2.24, 2.45) is 17.8 Å². The molecule has 1 aromatic carbocycles. The van der Waals surface area contributed by atoms with Crippen molar-refractivity contribution in [1.29, 1.82) is 0 Å². The number of fused-ring (bicyclic) bond motifs is 1. The normalized spacial score (nSPS) is 29.8. The van der Waals surface area contributed by atoms with Gasteiger partial charge in [0, 0.05) is 11.5 Å². The molecule has 2 fully saturated rings. The lowest BCUT2D eigenvalue weighted by Gasteiger charge is -2.06. The van der Waals surface area contributed by atoms with Crippen molar-refractivity contribution in [3.05, 3.63) is 34.6 Å². The number of halogens is 1. The van der Waals surface area contributed by atoms with E-state index in [1.54, 1.807) is 26.0 Å². The van der Waals surface area contributed by atoms with Gasteiger partial charge in [-0.1, -0.05) is 12.8 Å². The molecule has 2 aliphatic rings. The first-order chi connectivity index (χ1) is 8.59. The minimum Gasteiger partial charge on any atom is -0.294 e. The van der Waals surface area contributed by atoms with Crippen LogP contribution in [0, 0.1) is 37.4 Å². The molecular formula is C16H19FO. The maximum atomic E-state index is 13.6. The van der Waals surface area contributed by atoms with Gasteiger partial charge in [-0.2, -0.15) is 0 Å². The van der Waals surface area contributed by atoms with E-state index in [2.05, 4.69) is 0 Å². The Bertz CT molecular complexity index is 471. The molecule has 0 spiro atoms. The third kappa shape index (κ3) is 1.79. The van der Waals surface area contributed by atoms with E-state index < -0.39 is 0 Å². The fourth-order valence-electron chi connectivity index (χ4n) is 3.66. The Labute approximate surface area is 107 Å². The summed E-state index contributed by atoms with van der Waals surface area (Å²) in [5, 5.41) is 0. The molecule has 2 aliphatic carbocycles. The standard InChI is InChI=1S/C16H19FO/c1-9-7-11(8-10(2)15(9)17)16(18)14-12-5-3-4-6-13(12)14/h7-8,12-14H,3-6H2,1-2H3. The second-order valence-corrected chi connectivity index (χ2v) is 5.93. The number of hydrogen-bond acceptors (Lipinski definition) is 1. The largest absolute Gasteiger partial charge is 0.294 e. The Hall–Kier alpha value is -1.18. The highest BCUT2D eigenvalue weighted by atomic mass is 19.1. The highest BCUT2D eigenvalue weighted by Gasteiger charge is 2.54. The van der Waals surface area contributed by atoms with Crippen LogP contribution in [0.15, 0.2) is 12.1 Å². The minimum atomic E-state index is -0.181. The van der Waals surface area contributed by atoms with Crippen LogP contribution in [0.1, 0.15) is 47.2 Å². The molecule has 0 saturated heterocycles. The summed E-state index contributed by atoms with van der Waals surface area (Å²) in [7, 11) is 0. The quantitative estimate of drug-likeness (QED) is 0.719.